The summed E-state index contributed by atoms with van der Waals surface area (Å²) in [5.74, 6) is -4.79. The average Bonchev–Trinajstić information content (AvgIpc) is 3.27. The molecule has 13 heteroatoms. The fourth-order valence-electron chi connectivity index (χ4n) is 3.17. The predicted molar refractivity (Wildman–Crippen MR) is 125 cm³/mol. The Hall–Kier alpha value is -3.48. The summed E-state index contributed by atoms with van der Waals surface area (Å²) >= 11 is 0. The maximum atomic E-state index is 13.2. The van der Waals surface area contributed by atoms with E-state index in [1.165, 1.54) is 12.5 Å². The fourth-order valence-corrected chi connectivity index (χ4v) is 3.17. The van der Waals surface area contributed by atoms with Gasteiger partial charge in [0.2, 0.25) is 17.7 Å². The normalized spacial score (nSPS) is 14.6. The van der Waals surface area contributed by atoms with Gasteiger partial charge >= 0.3 is 11.9 Å². The number of hydrogen-bond donors (Lipinski definition) is 7. The van der Waals surface area contributed by atoms with E-state index in [2.05, 4.69) is 25.9 Å². The number of aromatic amines is 1. The molecule has 4 atom stereocenters. The predicted octanol–water partition coefficient (Wildman–Crippen LogP) is -0.615. The van der Waals surface area contributed by atoms with E-state index < -0.39 is 60.2 Å². The zero-order chi connectivity index (χ0) is 26.7. The van der Waals surface area contributed by atoms with Gasteiger partial charge in [0.1, 0.15) is 18.1 Å². The van der Waals surface area contributed by atoms with Crippen molar-refractivity contribution in [2.24, 2.45) is 17.6 Å². The van der Waals surface area contributed by atoms with Crippen molar-refractivity contribution in [3.8, 4) is 0 Å². The van der Waals surface area contributed by atoms with Gasteiger partial charge in [-0.25, -0.2) is 9.78 Å². The molecule has 0 bridgehead atoms. The molecule has 196 valence electrons. The second-order valence-electron chi connectivity index (χ2n) is 9.13. The molecule has 0 spiro atoms. The number of carboxylic acids is 2. The number of amides is 3. The van der Waals surface area contributed by atoms with Crippen LogP contribution in [0.4, 0.5) is 0 Å². The van der Waals surface area contributed by atoms with Crippen molar-refractivity contribution in [3.05, 3.63) is 18.2 Å². The summed E-state index contributed by atoms with van der Waals surface area (Å²) in [5.41, 5.74) is 6.47. The Kier molecular flexibility index (Phi) is 11.9. The molecular formula is C22H36N6O7. The monoisotopic (exact) mass is 496 g/mol. The summed E-state index contributed by atoms with van der Waals surface area (Å²) in [6, 6.07) is -4.49. The maximum absolute atomic E-state index is 13.2. The molecule has 1 heterocycles. The third-order valence-electron chi connectivity index (χ3n) is 5.23. The molecule has 0 aliphatic rings. The van der Waals surface area contributed by atoms with Crippen LogP contribution in [0.1, 0.15) is 52.7 Å². The number of carboxylic acid groups (broad SMARTS) is 2. The van der Waals surface area contributed by atoms with Crippen LogP contribution < -0.4 is 21.7 Å². The maximum Gasteiger partial charge on any atom is 0.326 e. The molecule has 0 fully saturated rings. The molecule has 0 aliphatic heterocycles. The number of H-pyrrole nitrogens is 1. The summed E-state index contributed by atoms with van der Waals surface area (Å²) in [6.45, 7) is 7.16. The van der Waals surface area contributed by atoms with Gasteiger partial charge in [-0.1, -0.05) is 27.7 Å². The Labute approximate surface area is 203 Å². The van der Waals surface area contributed by atoms with E-state index in [1.54, 1.807) is 13.8 Å². The highest BCUT2D eigenvalue weighted by molar-refractivity contribution is 5.94. The van der Waals surface area contributed by atoms with E-state index in [9.17, 15) is 29.1 Å². The second-order valence-corrected chi connectivity index (χ2v) is 9.13. The van der Waals surface area contributed by atoms with Gasteiger partial charge in [-0.05, 0) is 24.7 Å². The lowest BCUT2D eigenvalue weighted by Crippen LogP contribution is -2.58. The molecule has 0 aliphatic carbocycles. The summed E-state index contributed by atoms with van der Waals surface area (Å²) in [4.78, 5) is 67.6. The molecule has 0 radical (unpaired) electrons. The summed E-state index contributed by atoms with van der Waals surface area (Å²) in [6.07, 6.45) is 2.38. The van der Waals surface area contributed by atoms with E-state index in [4.69, 9.17) is 10.8 Å². The van der Waals surface area contributed by atoms with Crippen molar-refractivity contribution in [3.63, 3.8) is 0 Å². The minimum atomic E-state index is -1.44. The molecule has 0 aromatic carbocycles. The number of aromatic nitrogens is 2. The summed E-state index contributed by atoms with van der Waals surface area (Å²) in [5, 5.41) is 25.7. The van der Waals surface area contributed by atoms with Gasteiger partial charge in [-0.3, -0.25) is 19.2 Å². The second kappa shape index (κ2) is 14.0. The van der Waals surface area contributed by atoms with Crippen LogP contribution in [0.3, 0.4) is 0 Å². The molecule has 3 amide bonds. The van der Waals surface area contributed by atoms with E-state index >= 15 is 0 Å². The summed E-state index contributed by atoms with van der Waals surface area (Å²) < 4.78 is 0. The zero-order valence-corrected chi connectivity index (χ0v) is 20.4. The lowest BCUT2D eigenvalue weighted by atomic mass is 10.0. The third-order valence-corrected chi connectivity index (χ3v) is 5.23. The van der Waals surface area contributed by atoms with Crippen molar-refractivity contribution < 1.29 is 34.2 Å². The van der Waals surface area contributed by atoms with Gasteiger partial charge in [0.05, 0.1) is 12.4 Å². The van der Waals surface area contributed by atoms with Crippen LogP contribution in [-0.4, -0.2) is 74.0 Å². The molecule has 4 unspecified atom stereocenters. The van der Waals surface area contributed by atoms with Gasteiger partial charge in [-0.2, -0.15) is 0 Å². The van der Waals surface area contributed by atoms with Crippen molar-refractivity contribution in [2.75, 3.05) is 0 Å². The first-order valence-corrected chi connectivity index (χ1v) is 11.4. The van der Waals surface area contributed by atoms with Crippen LogP contribution in [0, 0.1) is 11.8 Å². The SMILES string of the molecule is CC(C)CC(NC(=O)C(Cc1cnc[nH]1)NC(=O)C(N)C(C)C)C(=O)NC(CCC(=O)O)C(=O)O. The Morgan fingerprint density at radius 1 is 0.943 bits per heavy atom. The Balaban J connectivity index is 3.05. The number of nitrogens with two attached hydrogens (primary N) is 1. The van der Waals surface area contributed by atoms with Gasteiger partial charge in [0.15, 0.2) is 0 Å². The van der Waals surface area contributed by atoms with Gasteiger partial charge in [0, 0.05) is 24.7 Å². The van der Waals surface area contributed by atoms with Crippen molar-refractivity contribution >= 4 is 29.7 Å². The molecule has 0 saturated carbocycles. The quantitative estimate of drug-likeness (QED) is 0.164. The van der Waals surface area contributed by atoms with E-state index in [0.29, 0.717) is 5.69 Å². The van der Waals surface area contributed by atoms with Crippen LogP contribution in [0.2, 0.25) is 0 Å². The molecule has 1 rings (SSSR count). The first-order valence-electron chi connectivity index (χ1n) is 11.4. The average molecular weight is 497 g/mol. The highest BCUT2D eigenvalue weighted by Gasteiger charge is 2.31. The van der Waals surface area contributed by atoms with Crippen LogP contribution in [-0.2, 0) is 30.4 Å². The number of aliphatic carboxylic acids is 2. The van der Waals surface area contributed by atoms with E-state index in [1.807, 2.05) is 13.8 Å². The van der Waals surface area contributed by atoms with Gasteiger partial charge in [-0.15, -0.1) is 0 Å². The Morgan fingerprint density at radius 2 is 1.51 bits per heavy atom. The van der Waals surface area contributed by atoms with Gasteiger partial charge in [0.25, 0.3) is 0 Å². The van der Waals surface area contributed by atoms with E-state index in [-0.39, 0.29) is 31.1 Å². The number of nitrogens with one attached hydrogen (secondary N) is 4. The lowest BCUT2D eigenvalue weighted by Gasteiger charge is -2.26. The standard InChI is InChI=1S/C22H36N6O7/c1-11(2)7-15(19(31)26-14(22(34)35)5-6-17(29)30)27-20(32)16(8-13-9-24-10-25-13)28-21(33)18(23)12(3)4/h9-12,14-16,18H,5-8,23H2,1-4H3,(H,24,25)(H,26,31)(H,27,32)(H,28,33)(H,29,30)(H,34,35). The summed E-state index contributed by atoms with van der Waals surface area (Å²) in [7, 11) is 0. The van der Waals surface area contributed by atoms with Crippen molar-refractivity contribution in [1.29, 1.82) is 0 Å². The number of hydrogen-bond acceptors (Lipinski definition) is 7. The van der Waals surface area contributed by atoms with Crippen molar-refractivity contribution in [1.82, 2.24) is 25.9 Å². The van der Waals surface area contributed by atoms with Gasteiger partial charge < -0.3 is 36.9 Å². The molecule has 8 N–H and O–H groups in total. The minimum absolute atomic E-state index is 0.0504. The Bertz CT molecular complexity index is 872. The topological polar surface area (TPSA) is 217 Å². The number of nitrogens with zero attached hydrogens (tertiary/aromatic N) is 1. The lowest BCUT2D eigenvalue weighted by molar-refractivity contribution is -0.143. The van der Waals surface area contributed by atoms with E-state index in [0.717, 1.165) is 0 Å². The molecule has 1 aromatic heterocycles. The first kappa shape index (κ1) is 29.6. The number of carbonyl (C=O) groups excluding carboxylic acids is 3. The Morgan fingerprint density at radius 3 is 2.00 bits per heavy atom. The van der Waals surface area contributed by atoms with Crippen LogP contribution in [0.15, 0.2) is 12.5 Å². The van der Waals surface area contributed by atoms with Crippen molar-refractivity contribution in [2.45, 2.75) is 77.5 Å². The van der Waals surface area contributed by atoms with Crippen LogP contribution in [0.25, 0.3) is 0 Å². The molecule has 13 nitrogen and oxygen atoms in total. The first-order chi connectivity index (χ1) is 16.3. The number of rotatable bonds is 15. The third kappa shape index (κ3) is 10.5. The molecule has 35 heavy (non-hydrogen) atoms. The number of imidazole rings is 1. The molecular weight excluding hydrogens is 460 g/mol. The highest BCUT2D eigenvalue weighted by Crippen LogP contribution is 2.09. The number of carbonyl (C=O) groups is 5. The zero-order valence-electron chi connectivity index (χ0n) is 20.4. The smallest absolute Gasteiger partial charge is 0.326 e. The van der Waals surface area contributed by atoms with Crippen LogP contribution >= 0.6 is 0 Å². The molecule has 1 aromatic rings. The highest BCUT2D eigenvalue weighted by atomic mass is 16.4. The van der Waals surface area contributed by atoms with Crippen LogP contribution in [0.5, 0.6) is 0 Å². The fraction of sp³-hybridized carbons (Fsp3) is 0.636. The largest absolute Gasteiger partial charge is 0.481 e. The minimum Gasteiger partial charge on any atom is -0.481 e. The molecule has 0 saturated heterocycles.